The molecule has 2 aromatic rings. The maximum absolute atomic E-state index is 12.9. The fourth-order valence-corrected chi connectivity index (χ4v) is 5.41. The molecule has 0 aliphatic carbocycles. The maximum Gasteiger partial charge on any atom is 0.294 e. The highest BCUT2D eigenvalue weighted by Crippen LogP contribution is 2.43. The topological polar surface area (TPSA) is 69.7 Å². The Kier molecular flexibility index (Phi) is 6.29. The first-order valence-electron chi connectivity index (χ1n) is 10.7. The largest absolute Gasteiger partial charge is 0.369 e. The van der Waals surface area contributed by atoms with E-state index in [2.05, 4.69) is 50.2 Å². The normalized spacial score (nSPS) is 20.9. The number of benzene rings is 2. The Morgan fingerprint density at radius 1 is 1.24 bits per heavy atom. The van der Waals surface area contributed by atoms with Crippen molar-refractivity contribution in [1.29, 1.82) is 0 Å². The summed E-state index contributed by atoms with van der Waals surface area (Å²) in [6.45, 7) is 6.33. The minimum absolute atomic E-state index is 0.0717. The van der Waals surface area contributed by atoms with Crippen LogP contribution in [0.5, 0.6) is 0 Å². The number of hydrogen-bond donors (Lipinski definition) is 1. The van der Waals surface area contributed by atoms with Crippen molar-refractivity contribution in [1.82, 2.24) is 4.90 Å². The number of nitrogens with one attached hydrogen (secondary N) is 1. The van der Waals surface area contributed by atoms with E-state index < -0.39 is 17.1 Å². The molecular weight excluding hydrogens is 458 g/mol. The number of halogens is 1. The lowest BCUT2D eigenvalue weighted by molar-refractivity contribution is -0.127. The van der Waals surface area contributed by atoms with E-state index in [0.717, 1.165) is 28.6 Å². The molecule has 6 nitrogen and oxygen atoms in total. The zero-order valence-corrected chi connectivity index (χ0v) is 20.6. The predicted molar refractivity (Wildman–Crippen MR) is 135 cm³/mol. The van der Waals surface area contributed by atoms with E-state index in [1.807, 2.05) is 6.07 Å². The number of hydrogen-bond acceptors (Lipinski definition) is 5. The molecule has 0 radical (unpaired) electrons. The van der Waals surface area contributed by atoms with Crippen LogP contribution in [0.4, 0.5) is 16.2 Å². The third kappa shape index (κ3) is 4.80. The Morgan fingerprint density at radius 3 is 2.73 bits per heavy atom. The first-order valence-corrected chi connectivity index (χ1v) is 11.9. The molecule has 172 valence electrons. The van der Waals surface area contributed by atoms with Crippen LogP contribution in [0.25, 0.3) is 6.08 Å². The highest BCUT2D eigenvalue weighted by atomic mass is 35.5. The number of fused-ring (bicyclic) bond motifs is 1. The van der Waals surface area contributed by atoms with Crippen LogP contribution in [0.1, 0.15) is 44.2 Å². The monoisotopic (exact) mass is 483 g/mol. The molecule has 2 aliphatic heterocycles. The number of amides is 3. The van der Waals surface area contributed by atoms with Gasteiger partial charge in [0.1, 0.15) is 6.54 Å². The summed E-state index contributed by atoms with van der Waals surface area (Å²) in [6.07, 6.45) is 2.75. The molecule has 1 unspecified atom stereocenters. The zero-order chi connectivity index (χ0) is 23.9. The number of rotatable bonds is 4. The van der Waals surface area contributed by atoms with E-state index in [1.54, 1.807) is 30.3 Å². The molecule has 2 aliphatic rings. The minimum Gasteiger partial charge on any atom is -0.369 e. The van der Waals surface area contributed by atoms with Gasteiger partial charge < -0.3 is 10.2 Å². The van der Waals surface area contributed by atoms with Gasteiger partial charge >= 0.3 is 0 Å². The van der Waals surface area contributed by atoms with Crippen LogP contribution in [0.2, 0.25) is 5.02 Å². The van der Waals surface area contributed by atoms with E-state index in [0.29, 0.717) is 21.5 Å². The van der Waals surface area contributed by atoms with Gasteiger partial charge in [-0.25, -0.2) is 0 Å². The molecular formula is C25H26ClN3O3S. The molecule has 8 heteroatoms. The van der Waals surface area contributed by atoms with Crippen molar-refractivity contribution in [2.45, 2.75) is 38.6 Å². The number of carbonyl (C=O) groups excluding carboxylic acids is 3. The van der Waals surface area contributed by atoms with Gasteiger partial charge in [-0.2, -0.15) is 0 Å². The molecule has 0 spiro atoms. The lowest BCUT2D eigenvalue weighted by atomic mass is 9.80. The predicted octanol–water partition coefficient (Wildman–Crippen LogP) is 5.74. The van der Waals surface area contributed by atoms with Crippen molar-refractivity contribution in [2.75, 3.05) is 23.8 Å². The van der Waals surface area contributed by atoms with Gasteiger partial charge in [-0.15, -0.1) is 0 Å². The molecule has 1 N–H and O–H groups in total. The molecule has 1 saturated heterocycles. The van der Waals surface area contributed by atoms with Gasteiger partial charge in [-0.05, 0) is 85.5 Å². The van der Waals surface area contributed by atoms with Crippen molar-refractivity contribution < 1.29 is 14.4 Å². The van der Waals surface area contributed by atoms with Gasteiger partial charge in [0.25, 0.3) is 11.1 Å². The molecule has 33 heavy (non-hydrogen) atoms. The molecule has 0 aromatic heterocycles. The second-order valence-corrected chi connectivity index (χ2v) is 10.6. The van der Waals surface area contributed by atoms with Crippen molar-refractivity contribution in [3.63, 3.8) is 0 Å². The fourth-order valence-electron chi connectivity index (χ4n) is 4.38. The molecule has 2 heterocycles. The van der Waals surface area contributed by atoms with Crippen LogP contribution in [-0.2, 0) is 9.59 Å². The van der Waals surface area contributed by atoms with E-state index >= 15 is 0 Å². The highest BCUT2D eigenvalue weighted by molar-refractivity contribution is 8.18. The Bertz CT molecular complexity index is 1180. The van der Waals surface area contributed by atoms with Crippen molar-refractivity contribution in [3.8, 4) is 0 Å². The number of thioether (sulfide) groups is 1. The lowest BCUT2D eigenvalue weighted by Gasteiger charge is -2.45. The highest BCUT2D eigenvalue weighted by Gasteiger charge is 2.37. The van der Waals surface area contributed by atoms with Crippen molar-refractivity contribution in [3.05, 3.63) is 63.5 Å². The first-order chi connectivity index (χ1) is 15.5. The van der Waals surface area contributed by atoms with Gasteiger partial charge in [-0.3, -0.25) is 19.3 Å². The molecule has 0 saturated carbocycles. The number of imide groups is 1. The third-order valence-corrected chi connectivity index (χ3v) is 7.38. The van der Waals surface area contributed by atoms with Crippen LogP contribution in [0.15, 0.2) is 47.4 Å². The Morgan fingerprint density at radius 2 is 2.00 bits per heavy atom. The Balaban J connectivity index is 1.50. The summed E-state index contributed by atoms with van der Waals surface area (Å²) in [4.78, 5) is 41.3. The summed E-state index contributed by atoms with van der Waals surface area (Å²) in [5.74, 6) is -0.547. The standard InChI is InChI=1S/C25H26ClN3O3S/c1-15-13-25(2,3)28(4)20-9-8-16(10-19(15)20)11-21-23(31)29(24(32)33-21)14-22(30)27-18-7-5-6-17(26)12-18/h5-12,15H,13-14H2,1-4H3,(H,27,30)/b21-11+. The number of anilines is 2. The second-order valence-electron chi connectivity index (χ2n) is 9.12. The van der Waals surface area contributed by atoms with E-state index in [-0.39, 0.29) is 12.1 Å². The molecule has 1 atom stereocenters. The average Bonchev–Trinajstić information content (AvgIpc) is 2.99. The summed E-state index contributed by atoms with van der Waals surface area (Å²) in [5.41, 5.74) is 3.85. The summed E-state index contributed by atoms with van der Waals surface area (Å²) >= 11 is 6.79. The minimum atomic E-state index is -0.464. The number of carbonyl (C=O) groups is 3. The maximum atomic E-state index is 12.9. The molecule has 1 fully saturated rings. The van der Waals surface area contributed by atoms with Crippen molar-refractivity contribution >= 4 is 57.9 Å². The summed E-state index contributed by atoms with van der Waals surface area (Å²) in [7, 11) is 2.10. The summed E-state index contributed by atoms with van der Waals surface area (Å²) in [5, 5.41) is 2.69. The van der Waals surface area contributed by atoms with Crippen molar-refractivity contribution in [2.24, 2.45) is 0 Å². The van der Waals surface area contributed by atoms with Crippen LogP contribution < -0.4 is 10.2 Å². The fraction of sp³-hybridized carbons (Fsp3) is 0.320. The van der Waals surface area contributed by atoms with E-state index in [4.69, 9.17) is 11.6 Å². The van der Waals surface area contributed by atoms with Gasteiger partial charge in [-0.1, -0.05) is 30.7 Å². The smallest absolute Gasteiger partial charge is 0.294 e. The Labute approximate surface area is 203 Å². The van der Waals surface area contributed by atoms with Gasteiger partial charge in [0.2, 0.25) is 5.91 Å². The molecule has 4 rings (SSSR count). The summed E-state index contributed by atoms with van der Waals surface area (Å²) in [6, 6.07) is 12.8. The van der Waals surface area contributed by atoms with E-state index in [1.165, 1.54) is 11.3 Å². The number of nitrogens with zero attached hydrogens (tertiary/aromatic N) is 2. The molecule has 0 bridgehead atoms. The third-order valence-electron chi connectivity index (χ3n) is 6.24. The molecule has 3 amide bonds. The first kappa shape index (κ1) is 23.4. The summed E-state index contributed by atoms with van der Waals surface area (Å²) < 4.78 is 0. The van der Waals surface area contributed by atoms with Gasteiger partial charge in [0.05, 0.1) is 4.91 Å². The van der Waals surface area contributed by atoms with Crippen LogP contribution in [0.3, 0.4) is 0 Å². The zero-order valence-electron chi connectivity index (χ0n) is 19.0. The van der Waals surface area contributed by atoms with Gasteiger partial charge in [0.15, 0.2) is 0 Å². The van der Waals surface area contributed by atoms with E-state index in [9.17, 15) is 14.4 Å². The second kappa shape index (κ2) is 8.88. The SMILES string of the molecule is CC1CC(C)(C)N(C)c2ccc(/C=C3/SC(=O)N(CC(=O)Nc4cccc(Cl)c4)C3=O)cc21. The van der Waals surface area contributed by atoms with Crippen LogP contribution >= 0.6 is 23.4 Å². The van der Waals surface area contributed by atoms with Crippen LogP contribution in [0, 0.1) is 0 Å². The quantitative estimate of drug-likeness (QED) is 0.562. The van der Waals surface area contributed by atoms with Crippen LogP contribution in [-0.4, -0.2) is 41.1 Å². The van der Waals surface area contributed by atoms with Gasteiger partial charge in [0, 0.05) is 29.0 Å². The Hall–Kier alpha value is -2.77. The average molecular weight is 484 g/mol. The lowest BCUT2D eigenvalue weighted by Crippen LogP contribution is -2.45. The molecule has 2 aromatic carbocycles.